The molecule has 8 heteroatoms. The molecule has 0 fully saturated rings. The fraction of sp³-hybridized carbons (Fsp3) is 0.176. The Morgan fingerprint density at radius 1 is 1.04 bits per heavy atom. The maximum atomic E-state index is 13.5. The van der Waals surface area contributed by atoms with Gasteiger partial charge < -0.3 is 16.4 Å². The Bertz CT molecular complexity index is 837. The normalized spacial score (nSPS) is 11.3. The number of nitrogens with one attached hydrogen (secondary N) is 2. The van der Waals surface area contributed by atoms with Crippen LogP contribution in [0.5, 0.6) is 0 Å². The number of aryl methyl sites for hydroxylation is 2. The van der Waals surface area contributed by atoms with Gasteiger partial charge in [0.1, 0.15) is 6.54 Å². The number of rotatable bonds is 4. The Kier molecular flexibility index (Phi) is 5.63. The van der Waals surface area contributed by atoms with E-state index in [0.717, 1.165) is 17.2 Å². The van der Waals surface area contributed by atoms with Crippen LogP contribution in [0.1, 0.15) is 11.1 Å². The maximum Gasteiger partial charge on any atom is 0.246 e. The van der Waals surface area contributed by atoms with Crippen LogP contribution in [0.3, 0.4) is 0 Å². The SMILES string of the molecule is Cc1ccc(NC(N)=NCC(=O)Nc2ccc(F)c(F)c2F)cc1C. The van der Waals surface area contributed by atoms with E-state index in [9.17, 15) is 18.0 Å². The number of halogens is 3. The minimum atomic E-state index is -1.66. The third kappa shape index (κ3) is 4.72. The fourth-order valence-electron chi connectivity index (χ4n) is 1.98. The summed E-state index contributed by atoms with van der Waals surface area (Å²) in [6.07, 6.45) is 0. The molecule has 0 heterocycles. The molecule has 5 nitrogen and oxygen atoms in total. The third-order valence-corrected chi connectivity index (χ3v) is 3.48. The van der Waals surface area contributed by atoms with Crippen molar-refractivity contribution in [3.8, 4) is 0 Å². The molecule has 2 aromatic carbocycles. The Balaban J connectivity index is 1.97. The Hall–Kier alpha value is -3.03. The lowest BCUT2D eigenvalue weighted by Crippen LogP contribution is -2.25. The number of hydrogen-bond acceptors (Lipinski definition) is 2. The first-order valence-electron chi connectivity index (χ1n) is 7.35. The van der Waals surface area contributed by atoms with Crippen molar-refractivity contribution in [2.24, 2.45) is 10.7 Å². The highest BCUT2D eigenvalue weighted by molar-refractivity contribution is 5.97. The molecule has 25 heavy (non-hydrogen) atoms. The van der Waals surface area contributed by atoms with E-state index in [4.69, 9.17) is 5.73 Å². The van der Waals surface area contributed by atoms with Gasteiger partial charge in [-0.05, 0) is 49.2 Å². The zero-order valence-electron chi connectivity index (χ0n) is 13.7. The minimum absolute atomic E-state index is 0.0100. The number of nitrogens with two attached hydrogens (primary N) is 1. The lowest BCUT2D eigenvalue weighted by atomic mass is 10.1. The smallest absolute Gasteiger partial charge is 0.246 e. The van der Waals surface area contributed by atoms with Gasteiger partial charge in [0, 0.05) is 5.69 Å². The summed E-state index contributed by atoms with van der Waals surface area (Å²) in [6.45, 7) is 3.50. The first-order valence-corrected chi connectivity index (χ1v) is 7.35. The van der Waals surface area contributed by atoms with E-state index >= 15 is 0 Å². The molecule has 2 aromatic rings. The van der Waals surface area contributed by atoms with Crippen molar-refractivity contribution in [1.82, 2.24) is 0 Å². The van der Waals surface area contributed by atoms with Gasteiger partial charge in [0.05, 0.1) is 5.69 Å². The molecular formula is C17H17F3N4O. The number of amides is 1. The number of benzene rings is 2. The van der Waals surface area contributed by atoms with Crippen molar-refractivity contribution in [3.05, 3.63) is 58.9 Å². The van der Waals surface area contributed by atoms with Gasteiger partial charge in [0.2, 0.25) is 5.91 Å². The van der Waals surface area contributed by atoms with Gasteiger partial charge in [-0.1, -0.05) is 6.07 Å². The summed E-state index contributed by atoms with van der Waals surface area (Å²) in [6, 6.07) is 7.22. The number of carbonyl (C=O) groups is 1. The number of hydrogen-bond donors (Lipinski definition) is 3. The van der Waals surface area contributed by atoms with Crippen molar-refractivity contribution < 1.29 is 18.0 Å². The summed E-state index contributed by atoms with van der Waals surface area (Å²) in [7, 11) is 0. The van der Waals surface area contributed by atoms with Crippen LogP contribution in [0.25, 0.3) is 0 Å². The van der Waals surface area contributed by atoms with Crippen molar-refractivity contribution >= 4 is 23.2 Å². The Labute approximate surface area is 142 Å². The number of anilines is 2. The van der Waals surface area contributed by atoms with Crippen LogP contribution in [0.2, 0.25) is 0 Å². The van der Waals surface area contributed by atoms with Crippen LogP contribution in [0, 0.1) is 31.3 Å². The molecule has 0 spiro atoms. The largest absolute Gasteiger partial charge is 0.370 e. The standard InChI is InChI=1S/C17H17F3N4O/c1-9-3-4-11(7-10(9)2)23-17(21)22-8-14(25)24-13-6-5-12(18)15(19)16(13)20/h3-7H,8H2,1-2H3,(H,24,25)(H3,21,22,23). The molecule has 0 aliphatic carbocycles. The molecule has 0 aromatic heterocycles. The number of nitrogens with zero attached hydrogens (tertiary/aromatic N) is 1. The van der Waals surface area contributed by atoms with Crippen molar-refractivity contribution in [2.45, 2.75) is 13.8 Å². The molecule has 0 aliphatic heterocycles. The summed E-state index contributed by atoms with van der Waals surface area (Å²) < 4.78 is 39.4. The van der Waals surface area contributed by atoms with E-state index in [1.165, 1.54) is 0 Å². The van der Waals surface area contributed by atoms with Crippen molar-refractivity contribution in [3.63, 3.8) is 0 Å². The van der Waals surface area contributed by atoms with E-state index in [0.29, 0.717) is 11.8 Å². The van der Waals surface area contributed by atoms with Gasteiger partial charge in [0.25, 0.3) is 0 Å². The summed E-state index contributed by atoms with van der Waals surface area (Å²) in [5.74, 6) is -5.20. The van der Waals surface area contributed by atoms with Gasteiger partial charge in [0.15, 0.2) is 23.4 Å². The van der Waals surface area contributed by atoms with Gasteiger partial charge in [-0.25, -0.2) is 18.2 Å². The molecule has 2 rings (SSSR count). The highest BCUT2D eigenvalue weighted by Crippen LogP contribution is 2.19. The van der Waals surface area contributed by atoms with E-state index in [1.807, 2.05) is 26.0 Å². The molecule has 0 bridgehead atoms. The summed E-state index contributed by atoms with van der Waals surface area (Å²) in [5, 5.41) is 4.92. The van der Waals surface area contributed by atoms with Gasteiger partial charge in [-0.2, -0.15) is 0 Å². The second kappa shape index (κ2) is 7.69. The Morgan fingerprint density at radius 2 is 1.76 bits per heavy atom. The molecule has 0 unspecified atom stereocenters. The number of guanidine groups is 1. The predicted octanol–water partition coefficient (Wildman–Crippen LogP) is 3.09. The molecule has 0 saturated heterocycles. The lowest BCUT2D eigenvalue weighted by Gasteiger charge is -2.09. The molecule has 0 atom stereocenters. The maximum absolute atomic E-state index is 13.5. The van der Waals surface area contributed by atoms with Crippen LogP contribution < -0.4 is 16.4 Å². The summed E-state index contributed by atoms with van der Waals surface area (Å²) in [5.41, 5.74) is 8.10. The zero-order chi connectivity index (χ0) is 18.6. The quantitative estimate of drug-likeness (QED) is 0.450. The number of aliphatic imine (C=N–C) groups is 1. The van der Waals surface area contributed by atoms with E-state index < -0.39 is 35.6 Å². The van der Waals surface area contributed by atoms with Crippen LogP contribution in [-0.4, -0.2) is 18.4 Å². The summed E-state index contributed by atoms with van der Waals surface area (Å²) >= 11 is 0. The van der Waals surface area contributed by atoms with Crippen LogP contribution >= 0.6 is 0 Å². The average molecular weight is 350 g/mol. The molecule has 1 amide bonds. The summed E-state index contributed by atoms with van der Waals surface area (Å²) in [4.78, 5) is 15.6. The van der Waals surface area contributed by atoms with Gasteiger partial charge in [-0.3, -0.25) is 4.79 Å². The number of carbonyl (C=O) groups excluding carboxylic acids is 1. The first-order chi connectivity index (χ1) is 11.8. The molecule has 4 N–H and O–H groups in total. The monoisotopic (exact) mass is 350 g/mol. The van der Waals surface area contributed by atoms with Crippen LogP contribution in [-0.2, 0) is 4.79 Å². The van der Waals surface area contributed by atoms with Crippen molar-refractivity contribution in [2.75, 3.05) is 17.2 Å². The minimum Gasteiger partial charge on any atom is -0.370 e. The Morgan fingerprint density at radius 3 is 2.44 bits per heavy atom. The molecule has 0 radical (unpaired) electrons. The average Bonchev–Trinajstić information content (AvgIpc) is 2.57. The van der Waals surface area contributed by atoms with Gasteiger partial charge >= 0.3 is 0 Å². The molecule has 0 saturated carbocycles. The van der Waals surface area contributed by atoms with Crippen LogP contribution in [0.15, 0.2) is 35.3 Å². The molecular weight excluding hydrogens is 333 g/mol. The third-order valence-electron chi connectivity index (χ3n) is 3.48. The van der Waals surface area contributed by atoms with Crippen molar-refractivity contribution in [1.29, 1.82) is 0 Å². The van der Waals surface area contributed by atoms with Crippen LogP contribution in [0.4, 0.5) is 24.5 Å². The fourth-order valence-corrected chi connectivity index (χ4v) is 1.98. The second-order valence-corrected chi connectivity index (χ2v) is 5.40. The second-order valence-electron chi connectivity index (χ2n) is 5.40. The predicted molar refractivity (Wildman–Crippen MR) is 91.0 cm³/mol. The first kappa shape index (κ1) is 18.3. The zero-order valence-corrected chi connectivity index (χ0v) is 13.7. The lowest BCUT2D eigenvalue weighted by molar-refractivity contribution is -0.114. The van der Waals surface area contributed by atoms with E-state index in [1.54, 1.807) is 6.07 Å². The van der Waals surface area contributed by atoms with Gasteiger partial charge in [-0.15, -0.1) is 0 Å². The molecule has 132 valence electrons. The molecule has 0 aliphatic rings. The van der Waals surface area contributed by atoms with E-state index in [2.05, 4.69) is 15.6 Å². The highest BCUT2D eigenvalue weighted by Gasteiger charge is 2.15. The highest BCUT2D eigenvalue weighted by atomic mass is 19.2. The topological polar surface area (TPSA) is 79.5 Å². The van der Waals surface area contributed by atoms with E-state index in [-0.39, 0.29) is 5.96 Å².